The van der Waals surface area contributed by atoms with Crippen molar-refractivity contribution in [3.63, 3.8) is 0 Å². The van der Waals surface area contributed by atoms with Gasteiger partial charge in [-0.25, -0.2) is 0 Å². The molecule has 2 N–H and O–H groups in total. The van der Waals surface area contributed by atoms with Gasteiger partial charge < -0.3 is 15.1 Å². The van der Waals surface area contributed by atoms with Crippen LogP contribution < -0.4 is 10.6 Å². The number of rotatable bonds is 4. The number of furan rings is 1. The number of hydrogen-bond donors (Lipinski definition) is 2. The molecule has 4 heteroatoms. The van der Waals surface area contributed by atoms with Crippen LogP contribution in [-0.4, -0.2) is 12.5 Å². The summed E-state index contributed by atoms with van der Waals surface area (Å²) in [4.78, 5) is 11.4. The first-order chi connectivity index (χ1) is 9.28. The van der Waals surface area contributed by atoms with Crippen LogP contribution in [-0.2, 0) is 11.2 Å². The molecule has 2 aromatic rings. The van der Waals surface area contributed by atoms with Gasteiger partial charge in [-0.15, -0.1) is 0 Å². The number of carbonyl (C=O) groups is 1. The summed E-state index contributed by atoms with van der Waals surface area (Å²) in [5.74, 6) is 0.948. The molecule has 2 heterocycles. The fourth-order valence-electron chi connectivity index (χ4n) is 2.47. The average molecular weight is 256 g/mol. The lowest BCUT2D eigenvalue weighted by molar-refractivity contribution is -0.115. The third kappa shape index (κ3) is 2.27. The van der Waals surface area contributed by atoms with E-state index in [0.717, 1.165) is 29.1 Å². The number of nitrogens with one attached hydrogen (secondary N) is 2. The predicted octanol–water partition coefficient (Wildman–Crippen LogP) is 2.47. The third-order valence-corrected chi connectivity index (χ3v) is 3.32. The van der Waals surface area contributed by atoms with Gasteiger partial charge in [0.1, 0.15) is 5.76 Å². The van der Waals surface area contributed by atoms with Crippen molar-refractivity contribution in [2.24, 2.45) is 0 Å². The topological polar surface area (TPSA) is 54.3 Å². The molecular formula is C15H16N2O2. The smallest absolute Gasteiger partial charge is 0.228 e. The van der Waals surface area contributed by atoms with Gasteiger partial charge in [-0.05, 0) is 35.9 Å². The molecule has 0 saturated carbocycles. The van der Waals surface area contributed by atoms with E-state index in [4.69, 9.17) is 4.42 Å². The highest BCUT2D eigenvalue weighted by Gasteiger charge is 2.21. The van der Waals surface area contributed by atoms with E-state index >= 15 is 0 Å². The van der Waals surface area contributed by atoms with Gasteiger partial charge in [-0.3, -0.25) is 4.79 Å². The maximum Gasteiger partial charge on any atom is 0.228 e. The van der Waals surface area contributed by atoms with Crippen molar-refractivity contribution in [2.75, 3.05) is 11.9 Å². The van der Waals surface area contributed by atoms with Crippen molar-refractivity contribution < 1.29 is 9.21 Å². The van der Waals surface area contributed by atoms with E-state index in [1.165, 1.54) is 0 Å². The van der Waals surface area contributed by atoms with Crippen molar-refractivity contribution >= 4 is 11.6 Å². The Balaban J connectivity index is 1.96. The normalized spacial score (nSPS) is 15.1. The van der Waals surface area contributed by atoms with Gasteiger partial charge in [0.15, 0.2) is 0 Å². The summed E-state index contributed by atoms with van der Waals surface area (Å²) >= 11 is 0. The molecule has 1 aliphatic heterocycles. The zero-order chi connectivity index (χ0) is 13.2. The number of fused-ring (bicyclic) bond motifs is 1. The van der Waals surface area contributed by atoms with Crippen LogP contribution in [0.4, 0.5) is 5.69 Å². The number of benzene rings is 1. The van der Waals surface area contributed by atoms with Crippen LogP contribution >= 0.6 is 0 Å². The average Bonchev–Trinajstić information content (AvgIpc) is 3.02. The molecule has 98 valence electrons. The molecule has 0 fully saturated rings. The minimum Gasteiger partial charge on any atom is -0.467 e. The maximum atomic E-state index is 11.4. The first-order valence-corrected chi connectivity index (χ1v) is 6.47. The Labute approximate surface area is 111 Å². The van der Waals surface area contributed by atoms with E-state index in [2.05, 4.69) is 23.6 Å². The molecule has 3 rings (SSSR count). The van der Waals surface area contributed by atoms with E-state index in [9.17, 15) is 4.79 Å². The lowest BCUT2D eigenvalue weighted by Crippen LogP contribution is -2.21. The van der Waals surface area contributed by atoms with Crippen molar-refractivity contribution in [3.8, 4) is 0 Å². The molecule has 1 aliphatic rings. The minimum absolute atomic E-state index is 0.0287. The third-order valence-electron chi connectivity index (χ3n) is 3.32. The second kappa shape index (κ2) is 4.90. The number of hydrogen-bond acceptors (Lipinski definition) is 3. The van der Waals surface area contributed by atoms with E-state index in [-0.39, 0.29) is 11.9 Å². The Morgan fingerprint density at radius 2 is 2.32 bits per heavy atom. The van der Waals surface area contributed by atoms with Gasteiger partial charge in [-0.2, -0.15) is 0 Å². The number of carbonyl (C=O) groups excluding carboxylic acids is 1. The summed E-state index contributed by atoms with van der Waals surface area (Å²) < 4.78 is 5.50. The summed E-state index contributed by atoms with van der Waals surface area (Å²) in [5.41, 5.74) is 3.09. The summed E-state index contributed by atoms with van der Waals surface area (Å²) in [6.45, 7) is 2.91. The van der Waals surface area contributed by atoms with Gasteiger partial charge in [0.2, 0.25) is 5.91 Å². The fraction of sp³-hybridized carbons (Fsp3) is 0.267. The number of amides is 1. The zero-order valence-corrected chi connectivity index (χ0v) is 10.8. The van der Waals surface area contributed by atoms with Crippen LogP contribution in [0.2, 0.25) is 0 Å². The summed E-state index contributed by atoms with van der Waals surface area (Å²) in [6, 6.07) is 9.94. The van der Waals surface area contributed by atoms with Crippen LogP contribution in [0.25, 0.3) is 0 Å². The molecule has 0 aliphatic carbocycles. The molecule has 1 unspecified atom stereocenters. The van der Waals surface area contributed by atoms with Crippen molar-refractivity contribution in [3.05, 3.63) is 53.5 Å². The van der Waals surface area contributed by atoms with E-state index < -0.39 is 0 Å². The predicted molar refractivity (Wildman–Crippen MR) is 73.0 cm³/mol. The van der Waals surface area contributed by atoms with Crippen molar-refractivity contribution in [1.82, 2.24) is 5.32 Å². The monoisotopic (exact) mass is 256 g/mol. The first-order valence-electron chi connectivity index (χ1n) is 6.47. The molecule has 0 radical (unpaired) electrons. The summed E-state index contributed by atoms with van der Waals surface area (Å²) in [5, 5.41) is 6.25. The molecule has 19 heavy (non-hydrogen) atoms. The standard InChI is InChI=1S/C15H16N2O2/c1-2-16-15(13-4-3-7-19-13)10-5-6-12-11(8-10)9-14(18)17-12/h3-8,15-16H,2,9H2,1H3,(H,17,18). The van der Waals surface area contributed by atoms with E-state index in [1.54, 1.807) is 6.26 Å². The molecule has 1 amide bonds. The van der Waals surface area contributed by atoms with Crippen LogP contribution in [0.1, 0.15) is 29.9 Å². The van der Waals surface area contributed by atoms with Gasteiger partial charge in [0, 0.05) is 5.69 Å². The SMILES string of the molecule is CCNC(c1ccc2c(c1)CC(=O)N2)c1ccco1. The Morgan fingerprint density at radius 1 is 1.42 bits per heavy atom. The van der Waals surface area contributed by atoms with Gasteiger partial charge >= 0.3 is 0 Å². The molecule has 0 saturated heterocycles. The molecular weight excluding hydrogens is 240 g/mol. The molecule has 1 aromatic carbocycles. The highest BCUT2D eigenvalue weighted by Crippen LogP contribution is 2.29. The van der Waals surface area contributed by atoms with E-state index in [0.29, 0.717) is 6.42 Å². The van der Waals surface area contributed by atoms with Gasteiger partial charge in [-0.1, -0.05) is 19.1 Å². The highest BCUT2D eigenvalue weighted by atomic mass is 16.3. The Hall–Kier alpha value is -2.07. The largest absolute Gasteiger partial charge is 0.467 e. The van der Waals surface area contributed by atoms with Crippen LogP contribution in [0, 0.1) is 0 Å². The molecule has 0 bridgehead atoms. The maximum absolute atomic E-state index is 11.4. The first kappa shape index (κ1) is 12.0. The molecule has 4 nitrogen and oxygen atoms in total. The Bertz CT molecular complexity index is 590. The second-order valence-electron chi connectivity index (χ2n) is 4.65. The summed E-state index contributed by atoms with van der Waals surface area (Å²) in [7, 11) is 0. The lowest BCUT2D eigenvalue weighted by atomic mass is 10.0. The minimum atomic E-state index is 0.0287. The van der Waals surface area contributed by atoms with E-state index in [1.807, 2.05) is 24.3 Å². The second-order valence-corrected chi connectivity index (χ2v) is 4.65. The Morgan fingerprint density at radius 3 is 3.05 bits per heavy atom. The zero-order valence-electron chi connectivity index (χ0n) is 10.8. The van der Waals surface area contributed by atoms with Crippen molar-refractivity contribution in [2.45, 2.75) is 19.4 Å². The molecule has 1 atom stereocenters. The van der Waals surface area contributed by atoms with Crippen LogP contribution in [0.3, 0.4) is 0 Å². The molecule has 0 spiro atoms. The number of anilines is 1. The lowest BCUT2D eigenvalue weighted by Gasteiger charge is -2.16. The van der Waals surface area contributed by atoms with Crippen molar-refractivity contribution in [1.29, 1.82) is 0 Å². The summed E-state index contributed by atoms with van der Waals surface area (Å²) in [6.07, 6.45) is 2.14. The quantitative estimate of drug-likeness (QED) is 0.883. The highest BCUT2D eigenvalue weighted by molar-refractivity contribution is 5.99. The van der Waals surface area contributed by atoms with Crippen LogP contribution in [0.5, 0.6) is 0 Å². The van der Waals surface area contributed by atoms with Gasteiger partial charge in [0.25, 0.3) is 0 Å². The van der Waals surface area contributed by atoms with Crippen LogP contribution in [0.15, 0.2) is 41.0 Å². The van der Waals surface area contributed by atoms with Gasteiger partial charge in [0.05, 0.1) is 18.7 Å². The fourth-order valence-corrected chi connectivity index (χ4v) is 2.47. The molecule has 1 aromatic heterocycles. The Kier molecular flexibility index (Phi) is 3.09.